The van der Waals surface area contributed by atoms with E-state index in [-0.39, 0.29) is 5.78 Å². The smallest absolute Gasteiger partial charge is 0.488 e. The first-order valence-electron chi connectivity index (χ1n) is 13.5. The van der Waals surface area contributed by atoms with Gasteiger partial charge in [0.15, 0.2) is 0 Å². The van der Waals surface area contributed by atoms with Crippen molar-refractivity contribution in [2.75, 3.05) is 0 Å². The highest BCUT2D eigenvalue weighted by Crippen LogP contribution is 2.38. The zero-order valence-electron chi connectivity index (χ0n) is 22.4. The Morgan fingerprint density at radius 1 is 0.725 bits per heavy atom. The topological polar surface area (TPSA) is 76.3 Å². The van der Waals surface area contributed by atoms with Crippen LogP contribution in [0.4, 0.5) is 0 Å². The number of fused-ring (bicyclic) bond motifs is 1. The lowest BCUT2D eigenvalue weighted by molar-refractivity contribution is 0.104. The number of nitrogens with one attached hydrogen (secondary N) is 2. The van der Waals surface area contributed by atoms with Gasteiger partial charge in [-0.1, -0.05) is 74.5 Å². The van der Waals surface area contributed by atoms with E-state index >= 15 is 0 Å². The fourth-order valence-corrected chi connectivity index (χ4v) is 4.89. The summed E-state index contributed by atoms with van der Waals surface area (Å²) in [4.78, 5) is 20.0. The molecule has 0 saturated carbocycles. The summed E-state index contributed by atoms with van der Waals surface area (Å²) in [7, 11) is -1.03. The first-order valence-corrected chi connectivity index (χ1v) is 13.5. The molecule has 0 saturated heterocycles. The third-order valence-corrected chi connectivity index (χ3v) is 7.03. The molecule has 6 nitrogen and oxygen atoms in total. The Kier molecular flexibility index (Phi) is 7.02. The highest BCUT2D eigenvalue weighted by atomic mass is 16.8. The molecule has 0 atom stereocenters. The van der Waals surface area contributed by atoms with Crippen molar-refractivity contribution in [2.24, 2.45) is 0 Å². The standard InChI is InChI=1S/C33H29BN2O4/c1-3-22-19-32-33(20-23(22)4-2)40-34(39-32)38-31(29-18-16-27(36-29)25-13-9-6-10-14-25)21-30(37)28-17-15-26(35-28)24-11-7-5-8-12-24/h5-21,35-36H,3-4H2,1-2H3/b31-21-. The van der Waals surface area contributed by atoms with Gasteiger partial charge in [-0.25, -0.2) is 0 Å². The van der Waals surface area contributed by atoms with Crippen molar-refractivity contribution in [1.29, 1.82) is 0 Å². The van der Waals surface area contributed by atoms with Crippen LogP contribution in [-0.2, 0) is 17.5 Å². The van der Waals surface area contributed by atoms with Gasteiger partial charge in [-0.15, -0.1) is 0 Å². The van der Waals surface area contributed by atoms with E-state index in [2.05, 4.69) is 23.8 Å². The van der Waals surface area contributed by atoms with Gasteiger partial charge in [-0.05, 0) is 71.5 Å². The second-order valence-electron chi connectivity index (χ2n) is 9.59. The predicted molar refractivity (Wildman–Crippen MR) is 158 cm³/mol. The van der Waals surface area contributed by atoms with E-state index in [9.17, 15) is 4.79 Å². The van der Waals surface area contributed by atoms with Crippen LogP contribution in [0.5, 0.6) is 11.5 Å². The molecule has 2 N–H and O–H groups in total. The molecular weight excluding hydrogens is 499 g/mol. The second-order valence-corrected chi connectivity index (χ2v) is 9.59. The summed E-state index contributed by atoms with van der Waals surface area (Å²) in [5, 5.41) is 0. The van der Waals surface area contributed by atoms with Gasteiger partial charge in [0, 0.05) is 17.5 Å². The molecule has 0 spiro atoms. The van der Waals surface area contributed by atoms with Gasteiger partial charge in [-0.3, -0.25) is 4.79 Å². The number of benzene rings is 3. The third-order valence-electron chi connectivity index (χ3n) is 7.03. The highest BCUT2D eigenvalue weighted by molar-refractivity contribution is 6.41. The lowest BCUT2D eigenvalue weighted by Gasteiger charge is -2.11. The first-order chi connectivity index (χ1) is 19.6. The number of ketones is 1. The minimum absolute atomic E-state index is 0.231. The Morgan fingerprint density at radius 2 is 1.23 bits per heavy atom. The number of H-pyrrole nitrogens is 2. The van der Waals surface area contributed by atoms with E-state index in [0.29, 0.717) is 28.6 Å². The minimum Gasteiger partial charge on any atom is -0.488 e. The molecule has 0 bridgehead atoms. The van der Waals surface area contributed by atoms with Crippen molar-refractivity contribution >= 4 is 18.9 Å². The van der Waals surface area contributed by atoms with Crippen molar-refractivity contribution in [3.8, 4) is 34.0 Å². The number of aromatic amines is 2. The maximum absolute atomic E-state index is 13.4. The summed E-state index contributed by atoms with van der Waals surface area (Å²) < 4.78 is 18.3. The van der Waals surface area contributed by atoms with Gasteiger partial charge < -0.3 is 23.9 Å². The summed E-state index contributed by atoms with van der Waals surface area (Å²) in [6, 6.07) is 31.4. The van der Waals surface area contributed by atoms with Crippen molar-refractivity contribution in [1.82, 2.24) is 9.97 Å². The van der Waals surface area contributed by atoms with Gasteiger partial charge in [0.05, 0.1) is 11.4 Å². The molecule has 6 rings (SSSR count). The van der Waals surface area contributed by atoms with E-state index in [0.717, 1.165) is 35.4 Å². The average Bonchev–Trinajstić information content (AvgIpc) is 3.76. The molecule has 0 unspecified atom stereocenters. The molecule has 0 fully saturated rings. The monoisotopic (exact) mass is 528 g/mol. The fourth-order valence-electron chi connectivity index (χ4n) is 4.89. The Hall–Kier alpha value is -4.91. The maximum atomic E-state index is 13.4. The second kappa shape index (κ2) is 11.1. The SMILES string of the molecule is CCc1cc2c(cc1CC)OB(O/C(=C\C(=O)c1ccc(-c3ccccc3)[nH]1)c1ccc(-c3ccccc3)[nH]1)O2. The van der Waals surface area contributed by atoms with Crippen molar-refractivity contribution < 1.29 is 18.8 Å². The summed E-state index contributed by atoms with van der Waals surface area (Å²) >= 11 is 0. The van der Waals surface area contributed by atoms with Gasteiger partial charge in [0.1, 0.15) is 17.3 Å². The van der Waals surface area contributed by atoms with Gasteiger partial charge in [-0.2, -0.15) is 0 Å². The van der Waals surface area contributed by atoms with E-state index in [1.165, 1.54) is 17.2 Å². The predicted octanol–water partition coefficient (Wildman–Crippen LogP) is 7.50. The van der Waals surface area contributed by atoms with E-state index < -0.39 is 7.32 Å². The first kappa shape index (κ1) is 25.4. The van der Waals surface area contributed by atoms with Crippen LogP contribution in [0.1, 0.15) is 41.2 Å². The third kappa shape index (κ3) is 5.18. The summed E-state index contributed by atoms with van der Waals surface area (Å²) in [5.41, 5.74) is 7.31. The Morgan fingerprint density at radius 3 is 1.75 bits per heavy atom. The van der Waals surface area contributed by atoms with E-state index in [1.807, 2.05) is 91.0 Å². The molecule has 3 aromatic carbocycles. The van der Waals surface area contributed by atoms with Gasteiger partial charge in [0.25, 0.3) is 0 Å². The lowest BCUT2D eigenvalue weighted by atomic mass is 10.0. The summed E-state index contributed by atoms with van der Waals surface area (Å²) in [6.07, 6.45) is 3.26. The van der Waals surface area contributed by atoms with Gasteiger partial charge in [0.2, 0.25) is 5.78 Å². The number of hydrogen-bond donors (Lipinski definition) is 2. The molecule has 1 aliphatic rings. The molecule has 2 aromatic heterocycles. The van der Waals surface area contributed by atoms with Crippen molar-refractivity contribution in [3.05, 3.63) is 126 Å². The number of aromatic nitrogens is 2. The number of carbonyl (C=O) groups is 1. The molecule has 0 aliphatic carbocycles. The van der Waals surface area contributed by atoms with Gasteiger partial charge >= 0.3 is 7.32 Å². The van der Waals surface area contributed by atoms with E-state index in [1.54, 1.807) is 6.07 Å². The quantitative estimate of drug-likeness (QED) is 0.0899. The molecule has 1 aliphatic heterocycles. The average molecular weight is 528 g/mol. The number of aryl methyl sites for hydroxylation is 2. The van der Waals surface area contributed by atoms with Crippen LogP contribution < -0.4 is 9.31 Å². The summed E-state index contributed by atoms with van der Waals surface area (Å²) in [5.74, 6) is 1.36. The molecule has 5 aromatic rings. The molecule has 40 heavy (non-hydrogen) atoms. The molecular formula is C33H29BN2O4. The van der Waals surface area contributed by atoms with Crippen LogP contribution in [-0.4, -0.2) is 23.1 Å². The number of rotatable bonds is 9. The zero-order chi connectivity index (χ0) is 27.5. The number of hydrogen-bond acceptors (Lipinski definition) is 4. The van der Waals surface area contributed by atoms with Crippen LogP contribution in [0.3, 0.4) is 0 Å². The highest BCUT2D eigenvalue weighted by Gasteiger charge is 2.39. The van der Waals surface area contributed by atoms with E-state index in [4.69, 9.17) is 14.0 Å². The summed E-state index contributed by atoms with van der Waals surface area (Å²) in [6.45, 7) is 4.24. The Balaban J connectivity index is 1.30. The van der Waals surface area contributed by atoms with Crippen LogP contribution in [0.25, 0.3) is 28.3 Å². The number of carbonyl (C=O) groups excluding carboxylic acids is 1. The lowest BCUT2D eigenvalue weighted by Crippen LogP contribution is -2.28. The maximum Gasteiger partial charge on any atom is 0.864 e. The largest absolute Gasteiger partial charge is 0.864 e. The van der Waals surface area contributed by atoms with Crippen molar-refractivity contribution in [2.45, 2.75) is 26.7 Å². The molecule has 0 amide bonds. The molecule has 3 heterocycles. The normalized spacial score (nSPS) is 12.6. The Bertz CT molecular complexity index is 1640. The fraction of sp³-hybridized carbons (Fsp3) is 0.121. The minimum atomic E-state index is -1.03. The number of allylic oxidation sites excluding steroid dienone is 1. The van der Waals surface area contributed by atoms with Crippen LogP contribution in [0.2, 0.25) is 0 Å². The molecule has 198 valence electrons. The Labute approximate surface area is 233 Å². The zero-order valence-corrected chi connectivity index (χ0v) is 22.4. The van der Waals surface area contributed by atoms with Crippen LogP contribution >= 0.6 is 0 Å². The van der Waals surface area contributed by atoms with Crippen LogP contribution in [0, 0.1) is 0 Å². The van der Waals surface area contributed by atoms with Crippen molar-refractivity contribution in [3.63, 3.8) is 0 Å². The molecule has 0 radical (unpaired) electrons. The van der Waals surface area contributed by atoms with Crippen LogP contribution in [0.15, 0.2) is 103 Å². The molecule has 7 heteroatoms.